The summed E-state index contributed by atoms with van der Waals surface area (Å²) in [5.74, 6) is 2.31. The summed E-state index contributed by atoms with van der Waals surface area (Å²) in [5, 5.41) is 5.79. The molecular formula is C23H32N2O3. The summed E-state index contributed by atoms with van der Waals surface area (Å²) in [4.78, 5) is 24.7. The van der Waals surface area contributed by atoms with Crippen molar-refractivity contribution in [1.82, 2.24) is 10.6 Å². The van der Waals surface area contributed by atoms with Crippen LogP contribution in [0.15, 0.2) is 24.3 Å². The first-order chi connectivity index (χ1) is 13.5. The lowest BCUT2D eigenvalue weighted by molar-refractivity contribution is -0.141. The molecule has 5 nitrogen and oxygen atoms in total. The quantitative estimate of drug-likeness (QED) is 0.741. The number of hydrogen-bond donors (Lipinski definition) is 2. The maximum Gasteiger partial charge on any atom is 0.309 e. The van der Waals surface area contributed by atoms with Crippen molar-refractivity contribution in [2.24, 2.45) is 23.2 Å². The van der Waals surface area contributed by atoms with Crippen molar-refractivity contribution < 1.29 is 14.3 Å². The number of nitrogens with one attached hydrogen (secondary N) is 2. The molecule has 5 rings (SSSR count). The molecule has 1 atom stereocenters. The first kappa shape index (κ1) is 19.3. The molecule has 0 aromatic heterocycles. The van der Waals surface area contributed by atoms with Gasteiger partial charge in [-0.15, -0.1) is 0 Å². The lowest BCUT2D eigenvalue weighted by Crippen LogP contribution is -2.57. The zero-order chi connectivity index (χ0) is 19.7. The summed E-state index contributed by atoms with van der Waals surface area (Å²) < 4.78 is 5.14. The standard InChI is InChI=1S/C23H32N2O3/c1-15(23-12-17-9-18(13-23)11-19(10-17)14-23)25-22(27)21(26)24-8-7-16-3-5-20(28-2)6-4-16/h3-6,15,17-19H,7-14H2,1-2H3,(H,24,26)(H,25,27). The van der Waals surface area contributed by atoms with Crippen LogP contribution in [-0.4, -0.2) is 31.5 Å². The molecule has 0 aliphatic heterocycles. The Bertz CT molecular complexity index is 693. The molecule has 4 saturated carbocycles. The summed E-state index contributed by atoms with van der Waals surface area (Å²) in [6.45, 7) is 2.56. The molecule has 1 aromatic carbocycles. The van der Waals surface area contributed by atoms with Crippen molar-refractivity contribution in [1.29, 1.82) is 0 Å². The van der Waals surface area contributed by atoms with Crippen molar-refractivity contribution in [3.05, 3.63) is 29.8 Å². The van der Waals surface area contributed by atoms with Gasteiger partial charge in [0.2, 0.25) is 0 Å². The van der Waals surface area contributed by atoms with Crippen molar-refractivity contribution in [3.8, 4) is 5.75 Å². The fourth-order valence-corrected chi connectivity index (χ4v) is 6.32. The Kier molecular flexibility index (Phi) is 5.35. The molecule has 1 unspecified atom stereocenters. The lowest BCUT2D eigenvalue weighted by atomic mass is 9.48. The van der Waals surface area contributed by atoms with Gasteiger partial charge in [0, 0.05) is 12.6 Å². The summed E-state index contributed by atoms with van der Waals surface area (Å²) in [6, 6.07) is 7.81. The molecule has 2 amide bonds. The van der Waals surface area contributed by atoms with E-state index in [9.17, 15) is 9.59 Å². The van der Waals surface area contributed by atoms with Crippen molar-refractivity contribution in [2.45, 2.75) is 57.9 Å². The molecule has 2 N–H and O–H groups in total. The number of rotatable bonds is 6. The van der Waals surface area contributed by atoms with Crippen LogP contribution in [0.4, 0.5) is 0 Å². The topological polar surface area (TPSA) is 67.4 Å². The summed E-state index contributed by atoms with van der Waals surface area (Å²) >= 11 is 0. The van der Waals surface area contributed by atoms with Gasteiger partial charge < -0.3 is 15.4 Å². The molecule has 1 aromatic rings. The highest BCUT2D eigenvalue weighted by molar-refractivity contribution is 6.35. The fraction of sp³-hybridized carbons (Fsp3) is 0.652. The molecule has 0 radical (unpaired) electrons. The molecule has 0 spiro atoms. The molecule has 152 valence electrons. The Morgan fingerprint density at radius 3 is 2.14 bits per heavy atom. The smallest absolute Gasteiger partial charge is 0.309 e. The molecule has 4 bridgehead atoms. The molecule has 5 heteroatoms. The van der Waals surface area contributed by atoms with Gasteiger partial charge in [-0.3, -0.25) is 9.59 Å². The van der Waals surface area contributed by atoms with Crippen molar-refractivity contribution >= 4 is 11.8 Å². The third-order valence-corrected chi connectivity index (χ3v) is 7.42. The minimum absolute atomic E-state index is 0.0701. The van der Waals surface area contributed by atoms with Gasteiger partial charge in [-0.25, -0.2) is 0 Å². The minimum Gasteiger partial charge on any atom is -0.497 e. The van der Waals surface area contributed by atoms with E-state index in [0.29, 0.717) is 13.0 Å². The summed E-state index contributed by atoms with van der Waals surface area (Å²) in [7, 11) is 1.64. The van der Waals surface area contributed by atoms with Crippen molar-refractivity contribution in [3.63, 3.8) is 0 Å². The largest absolute Gasteiger partial charge is 0.497 e. The van der Waals surface area contributed by atoms with Gasteiger partial charge in [-0.2, -0.15) is 0 Å². The molecule has 28 heavy (non-hydrogen) atoms. The average Bonchev–Trinajstić information content (AvgIpc) is 2.67. The molecular weight excluding hydrogens is 352 g/mol. The molecule has 0 saturated heterocycles. The van der Waals surface area contributed by atoms with Gasteiger partial charge in [0.05, 0.1) is 7.11 Å². The second-order valence-corrected chi connectivity index (χ2v) is 9.33. The van der Waals surface area contributed by atoms with E-state index in [1.807, 2.05) is 24.3 Å². The first-order valence-electron chi connectivity index (χ1n) is 10.7. The lowest BCUT2D eigenvalue weighted by Gasteiger charge is -2.59. The first-order valence-corrected chi connectivity index (χ1v) is 10.7. The SMILES string of the molecule is COc1ccc(CCNC(=O)C(=O)NC(C)C23CC4CC(CC(C4)C2)C3)cc1. The van der Waals surface area contributed by atoms with Crippen LogP contribution in [0.2, 0.25) is 0 Å². The third kappa shape index (κ3) is 3.89. The highest BCUT2D eigenvalue weighted by Crippen LogP contribution is 2.61. The highest BCUT2D eigenvalue weighted by atomic mass is 16.5. The Hall–Kier alpha value is -2.04. The van der Waals surface area contributed by atoms with Gasteiger partial charge in [0.25, 0.3) is 0 Å². The molecule has 4 aliphatic rings. The zero-order valence-corrected chi connectivity index (χ0v) is 17.0. The van der Waals surface area contributed by atoms with E-state index in [-0.39, 0.29) is 11.5 Å². The average molecular weight is 385 g/mol. The number of methoxy groups -OCH3 is 1. The van der Waals surface area contributed by atoms with E-state index in [0.717, 1.165) is 29.1 Å². The molecule has 0 heterocycles. The normalized spacial score (nSPS) is 31.3. The van der Waals surface area contributed by atoms with E-state index in [1.165, 1.54) is 38.5 Å². The van der Waals surface area contributed by atoms with Crippen LogP contribution in [0.25, 0.3) is 0 Å². The molecule has 4 aliphatic carbocycles. The number of amides is 2. The minimum atomic E-state index is -0.523. The maximum absolute atomic E-state index is 12.4. The summed E-state index contributed by atoms with van der Waals surface area (Å²) in [6.07, 6.45) is 8.50. The maximum atomic E-state index is 12.4. The summed E-state index contributed by atoms with van der Waals surface area (Å²) in [5.41, 5.74) is 1.32. The Morgan fingerprint density at radius 1 is 1.04 bits per heavy atom. The van der Waals surface area contributed by atoms with Gasteiger partial charge >= 0.3 is 11.8 Å². The van der Waals surface area contributed by atoms with Crippen LogP contribution in [0.5, 0.6) is 5.75 Å². The van der Waals surface area contributed by atoms with Crippen molar-refractivity contribution in [2.75, 3.05) is 13.7 Å². The predicted molar refractivity (Wildman–Crippen MR) is 108 cm³/mol. The van der Waals surface area contributed by atoms with Gasteiger partial charge in [0.1, 0.15) is 5.75 Å². The van der Waals surface area contributed by atoms with Gasteiger partial charge in [-0.1, -0.05) is 12.1 Å². The predicted octanol–water partition coefficient (Wildman–Crippen LogP) is 3.08. The number of carbonyl (C=O) groups excluding carboxylic acids is 2. The van der Waals surface area contributed by atoms with Crippen LogP contribution >= 0.6 is 0 Å². The van der Waals surface area contributed by atoms with Crippen LogP contribution in [0.1, 0.15) is 51.0 Å². The van der Waals surface area contributed by atoms with Crippen LogP contribution in [0, 0.1) is 23.2 Å². The number of carbonyl (C=O) groups is 2. The number of ether oxygens (including phenoxy) is 1. The van der Waals surface area contributed by atoms with Crippen LogP contribution in [-0.2, 0) is 16.0 Å². The number of benzene rings is 1. The zero-order valence-electron chi connectivity index (χ0n) is 17.0. The highest BCUT2D eigenvalue weighted by Gasteiger charge is 2.53. The van der Waals surface area contributed by atoms with E-state index < -0.39 is 11.8 Å². The van der Waals surface area contributed by atoms with E-state index in [1.54, 1.807) is 7.11 Å². The van der Waals surface area contributed by atoms with Crippen LogP contribution in [0.3, 0.4) is 0 Å². The Morgan fingerprint density at radius 2 is 1.61 bits per heavy atom. The number of hydrogen-bond acceptors (Lipinski definition) is 3. The van der Waals surface area contributed by atoms with Crippen LogP contribution < -0.4 is 15.4 Å². The monoisotopic (exact) mass is 384 g/mol. The molecule has 4 fully saturated rings. The van der Waals surface area contributed by atoms with E-state index in [4.69, 9.17) is 4.74 Å². The fourth-order valence-electron chi connectivity index (χ4n) is 6.32. The van der Waals surface area contributed by atoms with Gasteiger partial charge in [-0.05, 0) is 92.7 Å². The van der Waals surface area contributed by atoms with E-state index >= 15 is 0 Å². The second kappa shape index (κ2) is 7.76. The Balaban J connectivity index is 1.25. The Labute approximate surface area is 167 Å². The third-order valence-electron chi connectivity index (χ3n) is 7.42. The second-order valence-electron chi connectivity index (χ2n) is 9.33. The van der Waals surface area contributed by atoms with Gasteiger partial charge in [0.15, 0.2) is 0 Å². The van der Waals surface area contributed by atoms with E-state index in [2.05, 4.69) is 17.6 Å².